The molecule has 2 rings (SSSR count). The Bertz CT molecular complexity index is 567. The molecule has 110 valence electrons. The summed E-state index contributed by atoms with van der Waals surface area (Å²) >= 11 is 0. The number of aromatic nitrogens is 4. The summed E-state index contributed by atoms with van der Waals surface area (Å²) in [5.74, 6) is 0. The van der Waals surface area contributed by atoms with E-state index in [0.717, 1.165) is 30.8 Å². The number of hydrogen-bond donors (Lipinski definition) is 1. The number of nitrogens with one attached hydrogen (secondary N) is 1. The highest BCUT2D eigenvalue weighted by Crippen LogP contribution is 2.20. The van der Waals surface area contributed by atoms with E-state index in [0.29, 0.717) is 0 Å². The maximum absolute atomic E-state index is 4.64. The van der Waals surface area contributed by atoms with Gasteiger partial charge < -0.3 is 5.32 Å². The first-order valence-electron chi connectivity index (χ1n) is 7.32. The highest BCUT2D eigenvalue weighted by atomic mass is 15.3. The van der Waals surface area contributed by atoms with Crippen molar-refractivity contribution in [1.29, 1.82) is 0 Å². The average Bonchev–Trinajstić information content (AvgIpc) is 2.99. The number of likely N-dealkylation sites (N-methyl/N-ethyl adjacent to an activating group) is 1. The maximum Gasteiger partial charge on any atom is 0.0625 e. The fourth-order valence-corrected chi connectivity index (χ4v) is 2.61. The van der Waals surface area contributed by atoms with Crippen LogP contribution in [0.3, 0.4) is 0 Å². The summed E-state index contributed by atoms with van der Waals surface area (Å²) in [7, 11) is 4.01. The largest absolute Gasteiger partial charge is 0.311 e. The molecule has 1 unspecified atom stereocenters. The molecule has 0 aliphatic heterocycles. The molecule has 20 heavy (non-hydrogen) atoms. The van der Waals surface area contributed by atoms with Gasteiger partial charge in [0.05, 0.1) is 23.1 Å². The zero-order chi connectivity index (χ0) is 14.7. The number of rotatable bonds is 6. The summed E-state index contributed by atoms with van der Waals surface area (Å²) in [6.45, 7) is 7.21. The van der Waals surface area contributed by atoms with Crippen LogP contribution in [0.5, 0.6) is 0 Å². The molecule has 0 aromatic carbocycles. The van der Waals surface area contributed by atoms with E-state index in [1.54, 1.807) is 0 Å². The van der Waals surface area contributed by atoms with Crippen molar-refractivity contribution in [3.8, 4) is 0 Å². The van der Waals surface area contributed by atoms with Gasteiger partial charge in [-0.2, -0.15) is 10.2 Å². The fraction of sp³-hybridized carbons (Fsp3) is 0.600. The molecule has 0 bridgehead atoms. The van der Waals surface area contributed by atoms with Crippen molar-refractivity contribution in [2.45, 2.75) is 46.2 Å². The van der Waals surface area contributed by atoms with E-state index in [-0.39, 0.29) is 6.04 Å². The van der Waals surface area contributed by atoms with Crippen LogP contribution in [0.1, 0.15) is 42.7 Å². The Morgan fingerprint density at radius 1 is 1.25 bits per heavy atom. The van der Waals surface area contributed by atoms with Crippen molar-refractivity contribution < 1.29 is 0 Å². The van der Waals surface area contributed by atoms with Gasteiger partial charge in [0.25, 0.3) is 0 Å². The Morgan fingerprint density at radius 3 is 2.50 bits per heavy atom. The molecule has 2 heterocycles. The van der Waals surface area contributed by atoms with E-state index < -0.39 is 0 Å². The van der Waals surface area contributed by atoms with Crippen LogP contribution in [0.25, 0.3) is 0 Å². The predicted molar refractivity (Wildman–Crippen MR) is 80.7 cm³/mol. The van der Waals surface area contributed by atoms with E-state index in [1.165, 1.54) is 11.4 Å². The van der Waals surface area contributed by atoms with Crippen LogP contribution in [0.15, 0.2) is 12.1 Å². The van der Waals surface area contributed by atoms with E-state index in [2.05, 4.69) is 46.2 Å². The Kier molecular flexibility index (Phi) is 4.60. The van der Waals surface area contributed by atoms with Gasteiger partial charge in [0.1, 0.15) is 0 Å². The maximum atomic E-state index is 4.64. The Morgan fingerprint density at radius 2 is 2.00 bits per heavy atom. The molecule has 1 atom stereocenters. The molecule has 5 heteroatoms. The zero-order valence-electron chi connectivity index (χ0n) is 13.1. The molecule has 0 spiro atoms. The van der Waals surface area contributed by atoms with Gasteiger partial charge in [-0.3, -0.25) is 9.36 Å². The molecule has 1 N–H and O–H groups in total. The molecule has 0 aliphatic carbocycles. The molecule has 2 aromatic heterocycles. The Labute approximate surface area is 121 Å². The van der Waals surface area contributed by atoms with Gasteiger partial charge in [-0.15, -0.1) is 0 Å². The smallest absolute Gasteiger partial charge is 0.0625 e. The first kappa shape index (κ1) is 14.8. The molecule has 0 saturated carbocycles. The van der Waals surface area contributed by atoms with Gasteiger partial charge in [0, 0.05) is 25.7 Å². The van der Waals surface area contributed by atoms with Crippen LogP contribution in [0.4, 0.5) is 0 Å². The van der Waals surface area contributed by atoms with Crippen molar-refractivity contribution in [2.24, 2.45) is 7.05 Å². The topological polar surface area (TPSA) is 47.7 Å². The van der Waals surface area contributed by atoms with E-state index in [9.17, 15) is 0 Å². The van der Waals surface area contributed by atoms with Crippen molar-refractivity contribution >= 4 is 0 Å². The van der Waals surface area contributed by atoms with E-state index >= 15 is 0 Å². The molecule has 0 amide bonds. The summed E-state index contributed by atoms with van der Waals surface area (Å²) < 4.78 is 4.07. The quantitative estimate of drug-likeness (QED) is 0.877. The van der Waals surface area contributed by atoms with Crippen molar-refractivity contribution in [2.75, 3.05) is 7.05 Å². The van der Waals surface area contributed by atoms with Gasteiger partial charge in [-0.25, -0.2) is 0 Å². The lowest BCUT2D eigenvalue weighted by molar-refractivity contribution is 0.499. The third-order valence-corrected chi connectivity index (χ3v) is 3.74. The molecular weight excluding hydrogens is 250 g/mol. The van der Waals surface area contributed by atoms with Crippen LogP contribution < -0.4 is 5.32 Å². The summed E-state index contributed by atoms with van der Waals surface area (Å²) in [5, 5.41) is 12.5. The molecule has 0 fully saturated rings. The van der Waals surface area contributed by atoms with Gasteiger partial charge in [0.2, 0.25) is 0 Å². The second-order valence-corrected chi connectivity index (χ2v) is 5.18. The minimum atomic E-state index is 0.262. The first-order valence-corrected chi connectivity index (χ1v) is 7.32. The lowest BCUT2D eigenvalue weighted by Gasteiger charge is -2.17. The average molecular weight is 275 g/mol. The second kappa shape index (κ2) is 6.22. The van der Waals surface area contributed by atoms with Crippen molar-refractivity contribution in [3.63, 3.8) is 0 Å². The third kappa shape index (κ3) is 2.93. The zero-order valence-corrected chi connectivity index (χ0v) is 13.1. The number of aryl methyl sites for hydroxylation is 4. The summed E-state index contributed by atoms with van der Waals surface area (Å²) in [4.78, 5) is 0. The molecule has 0 aliphatic rings. The molecule has 2 aromatic rings. The van der Waals surface area contributed by atoms with Crippen molar-refractivity contribution in [1.82, 2.24) is 24.9 Å². The van der Waals surface area contributed by atoms with Crippen LogP contribution in [-0.4, -0.2) is 26.6 Å². The predicted octanol–water partition coefficient (Wildman–Crippen LogP) is 2.01. The lowest BCUT2D eigenvalue weighted by atomic mass is 10.1. The van der Waals surface area contributed by atoms with Gasteiger partial charge in [0.15, 0.2) is 0 Å². The first-order chi connectivity index (χ1) is 9.58. The fourth-order valence-electron chi connectivity index (χ4n) is 2.61. The minimum absolute atomic E-state index is 0.262. The third-order valence-electron chi connectivity index (χ3n) is 3.74. The van der Waals surface area contributed by atoms with E-state index in [4.69, 9.17) is 0 Å². The summed E-state index contributed by atoms with van der Waals surface area (Å²) in [5.41, 5.74) is 4.72. The second-order valence-electron chi connectivity index (χ2n) is 5.18. The van der Waals surface area contributed by atoms with E-state index in [1.807, 2.05) is 25.7 Å². The van der Waals surface area contributed by atoms with Crippen LogP contribution in [-0.2, 0) is 26.4 Å². The summed E-state index contributed by atoms with van der Waals surface area (Å²) in [6, 6.07) is 4.63. The number of hydrogen-bond acceptors (Lipinski definition) is 3. The number of nitrogens with zero attached hydrogens (tertiary/aromatic N) is 4. The van der Waals surface area contributed by atoms with Crippen LogP contribution >= 0.6 is 0 Å². The molecule has 5 nitrogen and oxygen atoms in total. The van der Waals surface area contributed by atoms with Gasteiger partial charge in [-0.1, -0.05) is 6.92 Å². The highest BCUT2D eigenvalue weighted by molar-refractivity contribution is 5.18. The summed E-state index contributed by atoms with van der Waals surface area (Å²) in [6.07, 6.45) is 1.89. The SMILES string of the molecule is CCc1cc(C(Cc2cc(C)nn2C)NC)n(CC)n1. The Balaban J connectivity index is 2.28. The molecule has 0 radical (unpaired) electrons. The lowest BCUT2D eigenvalue weighted by Crippen LogP contribution is -2.23. The monoisotopic (exact) mass is 275 g/mol. The van der Waals surface area contributed by atoms with Crippen LogP contribution in [0.2, 0.25) is 0 Å². The van der Waals surface area contributed by atoms with Crippen molar-refractivity contribution in [3.05, 3.63) is 34.9 Å². The molecular formula is C15H25N5. The van der Waals surface area contributed by atoms with Crippen LogP contribution in [0, 0.1) is 6.92 Å². The standard InChI is InChI=1S/C15H25N5/c1-6-12-9-15(20(7-2)18-12)14(16-4)10-13-8-11(3)17-19(13)5/h8-9,14,16H,6-7,10H2,1-5H3. The Hall–Kier alpha value is -1.62. The highest BCUT2D eigenvalue weighted by Gasteiger charge is 2.18. The normalized spacial score (nSPS) is 12.8. The van der Waals surface area contributed by atoms with Gasteiger partial charge in [-0.05, 0) is 39.4 Å². The van der Waals surface area contributed by atoms with Gasteiger partial charge >= 0.3 is 0 Å². The minimum Gasteiger partial charge on any atom is -0.311 e. The molecule has 0 saturated heterocycles.